The lowest BCUT2D eigenvalue weighted by Crippen LogP contribution is -2.12. The summed E-state index contributed by atoms with van der Waals surface area (Å²) in [6, 6.07) is 0. The molecule has 0 saturated carbocycles. The highest BCUT2D eigenvalue weighted by Crippen LogP contribution is 2.24. The molecule has 0 saturated heterocycles. The van der Waals surface area contributed by atoms with Crippen LogP contribution in [0.25, 0.3) is 0 Å². The molecule has 0 aliphatic carbocycles. The van der Waals surface area contributed by atoms with E-state index >= 15 is 0 Å². The number of nitrogens with zero attached hydrogens (tertiary/aromatic N) is 1. The molecule has 0 unspecified atom stereocenters. The van der Waals surface area contributed by atoms with Crippen molar-refractivity contribution < 1.29 is 9.53 Å². The zero-order chi connectivity index (χ0) is 12.2. The highest BCUT2D eigenvalue weighted by molar-refractivity contribution is 7.09. The van der Waals surface area contributed by atoms with Gasteiger partial charge in [-0.15, -0.1) is 11.3 Å². The molecule has 0 amide bonds. The van der Waals surface area contributed by atoms with Crippen LogP contribution in [0.3, 0.4) is 0 Å². The van der Waals surface area contributed by atoms with E-state index in [0.29, 0.717) is 6.42 Å². The molecule has 0 aliphatic rings. The summed E-state index contributed by atoms with van der Waals surface area (Å²) in [6.07, 6.45) is 1.24. The van der Waals surface area contributed by atoms with Crippen LogP contribution in [0.15, 0.2) is 5.38 Å². The lowest BCUT2D eigenvalue weighted by atomic mass is 9.93. The molecule has 16 heavy (non-hydrogen) atoms. The quantitative estimate of drug-likeness (QED) is 0.795. The van der Waals surface area contributed by atoms with Crippen LogP contribution in [0, 0.1) is 0 Å². The minimum Gasteiger partial charge on any atom is -0.377 e. The van der Waals surface area contributed by atoms with E-state index in [4.69, 9.17) is 4.74 Å². The molecular weight excluding hydrogens is 222 g/mol. The Morgan fingerprint density at radius 1 is 1.50 bits per heavy atom. The first-order valence-electron chi connectivity index (χ1n) is 5.39. The number of aryl methyl sites for hydroxylation is 1. The summed E-state index contributed by atoms with van der Waals surface area (Å²) in [5, 5.41) is 3.12. The van der Waals surface area contributed by atoms with E-state index in [9.17, 15) is 4.79 Å². The lowest BCUT2D eigenvalue weighted by molar-refractivity contribution is -0.122. The molecule has 3 nitrogen and oxygen atoms in total. The van der Waals surface area contributed by atoms with Crippen molar-refractivity contribution in [3.63, 3.8) is 0 Å². The van der Waals surface area contributed by atoms with Crippen LogP contribution in [-0.2, 0) is 21.4 Å². The fourth-order valence-electron chi connectivity index (χ4n) is 1.25. The van der Waals surface area contributed by atoms with Crippen LogP contribution < -0.4 is 0 Å². The van der Waals surface area contributed by atoms with Gasteiger partial charge in [-0.3, -0.25) is 4.79 Å². The lowest BCUT2D eigenvalue weighted by Gasteiger charge is -2.14. The number of carbonyl (C=O) groups excluding carboxylic acids is 1. The van der Waals surface area contributed by atoms with Crippen molar-refractivity contribution in [2.24, 2.45) is 0 Å². The Morgan fingerprint density at radius 3 is 2.69 bits per heavy atom. The largest absolute Gasteiger partial charge is 0.377 e. The van der Waals surface area contributed by atoms with E-state index in [1.54, 1.807) is 18.4 Å². The zero-order valence-electron chi connectivity index (χ0n) is 10.4. The van der Waals surface area contributed by atoms with Gasteiger partial charge in [0.1, 0.15) is 6.61 Å². The van der Waals surface area contributed by atoms with E-state index in [1.165, 1.54) is 0 Å². The van der Waals surface area contributed by atoms with Crippen LogP contribution in [0.2, 0.25) is 0 Å². The van der Waals surface area contributed by atoms with Gasteiger partial charge in [0, 0.05) is 30.7 Å². The second kappa shape index (κ2) is 5.55. The fourth-order valence-corrected chi connectivity index (χ4v) is 2.27. The van der Waals surface area contributed by atoms with Crippen LogP contribution in [-0.4, -0.2) is 24.5 Å². The molecule has 1 rings (SSSR count). The van der Waals surface area contributed by atoms with Crippen molar-refractivity contribution in [3.05, 3.63) is 16.1 Å². The minimum atomic E-state index is 0.0886. The second-order valence-corrected chi connectivity index (χ2v) is 5.79. The van der Waals surface area contributed by atoms with E-state index in [2.05, 4.69) is 31.1 Å². The first-order valence-corrected chi connectivity index (χ1v) is 6.27. The van der Waals surface area contributed by atoms with Gasteiger partial charge in [0.05, 0.1) is 10.7 Å². The topological polar surface area (TPSA) is 39.2 Å². The average Bonchev–Trinajstić information content (AvgIpc) is 2.63. The number of hydrogen-bond acceptors (Lipinski definition) is 4. The summed E-state index contributed by atoms with van der Waals surface area (Å²) in [7, 11) is 1.54. The Labute approximate surface area is 101 Å². The molecule has 4 heteroatoms. The summed E-state index contributed by atoms with van der Waals surface area (Å²) in [5.41, 5.74) is 1.19. The number of carbonyl (C=O) groups is 1. The molecule has 90 valence electrons. The Hall–Kier alpha value is -0.740. The molecule has 0 spiro atoms. The van der Waals surface area contributed by atoms with Gasteiger partial charge in [-0.05, 0) is 0 Å². The van der Waals surface area contributed by atoms with Gasteiger partial charge in [0.2, 0.25) is 0 Å². The number of aromatic nitrogens is 1. The maximum atomic E-state index is 11.3. The summed E-state index contributed by atoms with van der Waals surface area (Å²) in [5.74, 6) is 0.134. The molecule has 0 atom stereocenters. The van der Waals surface area contributed by atoms with Gasteiger partial charge in [-0.25, -0.2) is 4.98 Å². The second-order valence-electron chi connectivity index (χ2n) is 4.85. The number of methoxy groups -OCH3 is 1. The molecule has 0 fully saturated rings. The van der Waals surface area contributed by atoms with Crippen LogP contribution in [0.5, 0.6) is 0 Å². The summed E-state index contributed by atoms with van der Waals surface area (Å²) >= 11 is 1.63. The number of ketones is 1. The summed E-state index contributed by atoms with van der Waals surface area (Å²) in [4.78, 5) is 15.8. The predicted octanol–water partition coefficient (Wildman–Crippen LogP) is 2.59. The molecule has 0 radical (unpaired) electrons. The Balaban J connectivity index is 2.50. The van der Waals surface area contributed by atoms with Crippen molar-refractivity contribution in [3.8, 4) is 0 Å². The number of ether oxygens (including phenoxy) is 1. The average molecular weight is 241 g/mol. The molecular formula is C12H19NO2S. The van der Waals surface area contributed by atoms with Crippen molar-refractivity contribution in [2.45, 2.75) is 39.0 Å². The number of Topliss-reactive ketones (excluding diaryl/α,β-unsaturated/α-hetero) is 1. The third-order valence-electron chi connectivity index (χ3n) is 2.24. The number of thiazole rings is 1. The SMILES string of the molecule is COCC(=O)CCc1nc(C(C)(C)C)cs1. The first-order chi connectivity index (χ1) is 7.43. The number of hydrogen-bond donors (Lipinski definition) is 0. The molecule has 1 heterocycles. The Kier molecular flexibility index (Phi) is 4.62. The first kappa shape index (κ1) is 13.3. The van der Waals surface area contributed by atoms with Crippen molar-refractivity contribution in [2.75, 3.05) is 13.7 Å². The van der Waals surface area contributed by atoms with E-state index in [1.807, 2.05) is 0 Å². The maximum Gasteiger partial charge on any atom is 0.158 e. The fraction of sp³-hybridized carbons (Fsp3) is 0.667. The van der Waals surface area contributed by atoms with Gasteiger partial charge in [-0.1, -0.05) is 20.8 Å². The van der Waals surface area contributed by atoms with Gasteiger partial charge in [0.15, 0.2) is 5.78 Å². The van der Waals surface area contributed by atoms with Gasteiger partial charge >= 0.3 is 0 Å². The summed E-state index contributed by atoms with van der Waals surface area (Å²) < 4.78 is 4.78. The van der Waals surface area contributed by atoms with Gasteiger partial charge < -0.3 is 4.74 Å². The maximum absolute atomic E-state index is 11.3. The van der Waals surface area contributed by atoms with E-state index in [-0.39, 0.29) is 17.8 Å². The molecule has 1 aromatic heterocycles. The van der Waals surface area contributed by atoms with E-state index in [0.717, 1.165) is 17.1 Å². The van der Waals surface area contributed by atoms with E-state index < -0.39 is 0 Å². The van der Waals surface area contributed by atoms with Crippen LogP contribution >= 0.6 is 11.3 Å². The standard InChI is InChI=1S/C12H19NO2S/c1-12(2,3)10-8-16-11(13-10)6-5-9(14)7-15-4/h8H,5-7H2,1-4H3. The van der Waals surface area contributed by atoms with Crippen molar-refractivity contribution >= 4 is 17.1 Å². The zero-order valence-corrected chi connectivity index (χ0v) is 11.2. The predicted molar refractivity (Wildman–Crippen MR) is 66.0 cm³/mol. The molecule has 0 aromatic carbocycles. The minimum absolute atomic E-state index is 0.0886. The van der Waals surface area contributed by atoms with Crippen molar-refractivity contribution in [1.29, 1.82) is 0 Å². The van der Waals surface area contributed by atoms with Crippen molar-refractivity contribution in [1.82, 2.24) is 4.98 Å². The molecule has 0 N–H and O–H groups in total. The third-order valence-corrected chi connectivity index (χ3v) is 3.15. The Bertz CT molecular complexity index is 352. The van der Waals surface area contributed by atoms with Crippen LogP contribution in [0.4, 0.5) is 0 Å². The molecule has 1 aromatic rings. The van der Waals surface area contributed by atoms with Gasteiger partial charge in [0.25, 0.3) is 0 Å². The van der Waals surface area contributed by atoms with Crippen LogP contribution in [0.1, 0.15) is 37.9 Å². The monoisotopic (exact) mass is 241 g/mol. The molecule has 0 aliphatic heterocycles. The summed E-state index contributed by atoms with van der Waals surface area (Å²) in [6.45, 7) is 6.63. The Morgan fingerprint density at radius 2 is 2.19 bits per heavy atom. The van der Waals surface area contributed by atoms with Gasteiger partial charge in [-0.2, -0.15) is 0 Å². The normalized spacial score (nSPS) is 11.8. The number of rotatable bonds is 5. The molecule has 0 bridgehead atoms. The highest BCUT2D eigenvalue weighted by Gasteiger charge is 2.17. The smallest absolute Gasteiger partial charge is 0.158 e. The third kappa shape index (κ3) is 4.02. The highest BCUT2D eigenvalue weighted by atomic mass is 32.1.